The number of anilines is 2. The van der Waals surface area contributed by atoms with Crippen molar-refractivity contribution in [3.05, 3.63) is 60.2 Å². The fourth-order valence-corrected chi connectivity index (χ4v) is 3.94. The van der Waals surface area contributed by atoms with Crippen LogP contribution >= 0.6 is 11.8 Å². The second-order valence-electron chi connectivity index (χ2n) is 6.25. The lowest BCUT2D eigenvalue weighted by atomic mass is 10.2. The number of nitriles is 1. The summed E-state index contributed by atoms with van der Waals surface area (Å²) in [6.07, 6.45) is 8.02. The maximum atomic E-state index is 12.7. The largest absolute Gasteiger partial charge is 0.383 e. The number of thioether (sulfide) groups is 1. The summed E-state index contributed by atoms with van der Waals surface area (Å²) >= 11 is 1.33. The molecule has 0 fully saturated rings. The summed E-state index contributed by atoms with van der Waals surface area (Å²) in [7, 11) is -0.0961. The zero-order valence-corrected chi connectivity index (χ0v) is 18.1. The van der Waals surface area contributed by atoms with Gasteiger partial charge in [0.15, 0.2) is 11.0 Å². The smallest absolute Gasteiger partial charge is 0.283 e. The number of benzene rings is 1. The van der Waals surface area contributed by atoms with Gasteiger partial charge in [0.2, 0.25) is 0 Å². The fourth-order valence-electron chi connectivity index (χ4n) is 2.43. The van der Waals surface area contributed by atoms with Crippen LogP contribution in [0.3, 0.4) is 0 Å². The molecule has 0 spiro atoms. The van der Waals surface area contributed by atoms with Gasteiger partial charge in [-0.3, -0.25) is 0 Å². The highest BCUT2D eigenvalue weighted by Gasteiger charge is 2.19. The van der Waals surface area contributed by atoms with Crippen molar-refractivity contribution < 1.29 is 8.42 Å². The second kappa shape index (κ2) is 8.98. The third-order valence-electron chi connectivity index (χ3n) is 3.85. The van der Waals surface area contributed by atoms with Crippen LogP contribution in [-0.4, -0.2) is 52.8 Å². The molecule has 0 bridgehead atoms. The van der Waals surface area contributed by atoms with Crippen LogP contribution in [0, 0.1) is 11.3 Å². The first kappa shape index (κ1) is 21.4. The van der Waals surface area contributed by atoms with Crippen LogP contribution in [-0.2, 0) is 10.0 Å². The van der Waals surface area contributed by atoms with Crippen LogP contribution in [0.15, 0.2) is 59.0 Å². The van der Waals surface area contributed by atoms with E-state index in [0.717, 1.165) is 4.09 Å². The van der Waals surface area contributed by atoms with E-state index in [0.29, 0.717) is 16.5 Å². The van der Waals surface area contributed by atoms with Crippen LogP contribution in [0.1, 0.15) is 11.3 Å². The Morgan fingerprint density at radius 1 is 1.23 bits per heavy atom. The van der Waals surface area contributed by atoms with Crippen molar-refractivity contribution in [1.82, 2.24) is 24.1 Å². The van der Waals surface area contributed by atoms with Crippen LogP contribution in [0.4, 0.5) is 11.5 Å². The van der Waals surface area contributed by atoms with Crippen molar-refractivity contribution in [2.24, 2.45) is 0 Å². The molecule has 0 amide bonds. The Labute approximate surface area is 179 Å². The monoisotopic (exact) mass is 441 g/mol. The lowest BCUT2D eigenvalue weighted by Crippen LogP contribution is -2.13. The Bertz CT molecular complexity index is 1210. The molecular weight excluding hydrogens is 422 g/mol. The lowest BCUT2D eigenvalue weighted by molar-refractivity contribution is 0.567. The molecule has 3 aromatic rings. The maximum absolute atomic E-state index is 12.7. The van der Waals surface area contributed by atoms with E-state index in [2.05, 4.69) is 26.5 Å². The summed E-state index contributed by atoms with van der Waals surface area (Å²) in [4.78, 5) is 10.7. The van der Waals surface area contributed by atoms with Crippen molar-refractivity contribution in [2.75, 3.05) is 25.7 Å². The second-order valence-corrected chi connectivity index (χ2v) is 8.82. The first-order valence-electron chi connectivity index (χ1n) is 8.68. The Balaban J connectivity index is 1.98. The highest BCUT2D eigenvalue weighted by atomic mass is 32.2. The van der Waals surface area contributed by atoms with Gasteiger partial charge in [-0.1, -0.05) is 30.0 Å². The first-order valence-corrected chi connectivity index (χ1v) is 11.3. The minimum atomic E-state index is -3.82. The number of nitrogens with one attached hydrogen (secondary N) is 1. The van der Waals surface area contributed by atoms with Crippen molar-refractivity contribution in [1.29, 1.82) is 5.26 Å². The van der Waals surface area contributed by atoms with E-state index in [1.54, 1.807) is 30.5 Å². The number of hydrogen-bond acceptors (Lipinski definition) is 9. The van der Waals surface area contributed by atoms with E-state index in [4.69, 9.17) is 0 Å². The van der Waals surface area contributed by atoms with Crippen molar-refractivity contribution >= 4 is 39.4 Å². The highest BCUT2D eigenvalue weighted by Crippen LogP contribution is 2.25. The third kappa shape index (κ3) is 4.61. The van der Waals surface area contributed by atoms with Gasteiger partial charge in [0.05, 0.1) is 28.7 Å². The molecular formula is C19H19N7O2S2. The number of nitrogens with zero attached hydrogens (tertiary/aromatic N) is 6. The molecule has 0 aliphatic rings. The zero-order valence-electron chi connectivity index (χ0n) is 16.5. The Morgan fingerprint density at radius 3 is 2.60 bits per heavy atom. The molecule has 0 aliphatic carbocycles. The maximum Gasteiger partial charge on any atom is 0.283 e. The van der Waals surface area contributed by atoms with E-state index >= 15 is 0 Å². The van der Waals surface area contributed by atoms with Gasteiger partial charge in [0.1, 0.15) is 11.6 Å². The van der Waals surface area contributed by atoms with Crippen molar-refractivity contribution in [2.45, 2.75) is 10.1 Å². The van der Waals surface area contributed by atoms with E-state index in [9.17, 15) is 13.7 Å². The molecule has 1 aromatic carbocycles. The predicted octanol–water partition coefficient (Wildman–Crippen LogP) is 2.78. The Hall–Kier alpha value is -3.36. The van der Waals surface area contributed by atoms with Crippen LogP contribution in [0.2, 0.25) is 0 Å². The van der Waals surface area contributed by atoms with Crippen LogP contribution < -0.4 is 5.32 Å². The molecule has 0 saturated carbocycles. The summed E-state index contributed by atoms with van der Waals surface area (Å²) in [5, 5.41) is 17.1. The van der Waals surface area contributed by atoms with Crippen LogP contribution in [0.5, 0.6) is 0 Å². The van der Waals surface area contributed by atoms with Gasteiger partial charge in [-0.15, -0.1) is 0 Å². The van der Waals surface area contributed by atoms with E-state index < -0.39 is 10.0 Å². The summed E-state index contributed by atoms with van der Waals surface area (Å²) in [5.74, 6) is 0.270. The summed E-state index contributed by atoms with van der Waals surface area (Å²) in [6, 6.07) is 10.1. The fraction of sp³-hybridized carbons (Fsp3) is 0.158. The Morgan fingerprint density at radius 2 is 1.97 bits per heavy atom. The number of hydrogen-bond donors (Lipinski definition) is 1. The molecule has 0 atom stereocenters. The molecule has 0 unspecified atom stereocenters. The minimum Gasteiger partial charge on any atom is -0.383 e. The Kier molecular flexibility index (Phi) is 6.39. The predicted molar refractivity (Wildman–Crippen MR) is 116 cm³/mol. The molecule has 1 N–H and O–H groups in total. The average Bonchev–Trinajstić information content (AvgIpc) is 3.22. The summed E-state index contributed by atoms with van der Waals surface area (Å²) < 4.78 is 26.3. The lowest BCUT2D eigenvalue weighted by Gasteiger charge is -2.10. The highest BCUT2D eigenvalue weighted by molar-refractivity contribution is 7.98. The van der Waals surface area contributed by atoms with Gasteiger partial charge < -0.3 is 10.2 Å². The van der Waals surface area contributed by atoms with Gasteiger partial charge in [-0.25, -0.2) is 9.97 Å². The molecule has 0 radical (unpaired) electrons. The summed E-state index contributed by atoms with van der Waals surface area (Å²) in [5.41, 5.74) is 1.07. The van der Waals surface area contributed by atoms with Gasteiger partial charge in [0, 0.05) is 20.3 Å². The van der Waals surface area contributed by atoms with Gasteiger partial charge >= 0.3 is 0 Å². The zero-order chi connectivity index (χ0) is 21.7. The van der Waals surface area contributed by atoms with E-state index in [1.165, 1.54) is 36.3 Å². The SMILES string of the molecule is CSc1nc(C=CN(C)C)c(C#N)c(Nc2cnn(S(=O)(=O)c3ccccc3)c2)n1. The quantitative estimate of drug-likeness (QED) is 0.436. The topological polar surface area (TPSA) is 117 Å². The molecule has 2 aromatic heterocycles. The standard InChI is InChI=1S/C19H19N7O2S2/c1-25(2)10-9-17-16(11-20)18(24-19(23-17)29-3)22-14-12-21-26(13-14)30(27,28)15-7-5-4-6-8-15/h4-10,12-13H,1-3H3,(H,22,23,24). The first-order chi connectivity index (χ1) is 14.3. The third-order valence-corrected chi connectivity index (χ3v) is 5.96. The van der Waals surface area contributed by atoms with Gasteiger partial charge in [-0.2, -0.15) is 22.9 Å². The summed E-state index contributed by atoms with van der Waals surface area (Å²) in [6.45, 7) is 0. The van der Waals surface area contributed by atoms with E-state index in [-0.39, 0.29) is 16.3 Å². The van der Waals surface area contributed by atoms with Crippen LogP contribution in [0.25, 0.3) is 6.08 Å². The number of rotatable bonds is 7. The molecule has 0 saturated heterocycles. The van der Waals surface area contributed by atoms with Crippen molar-refractivity contribution in [3.8, 4) is 6.07 Å². The van der Waals surface area contributed by atoms with Gasteiger partial charge in [0.25, 0.3) is 10.0 Å². The minimum absolute atomic E-state index is 0.125. The molecule has 9 nitrogen and oxygen atoms in total. The molecule has 3 rings (SSSR count). The molecule has 11 heteroatoms. The molecule has 30 heavy (non-hydrogen) atoms. The van der Waals surface area contributed by atoms with E-state index in [1.807, 2.05) is 25.3 Å². The molecule has 2 heterocycles. The normalized spacial score (nSPS) is 11.4. The molecule has 154 valence electrons. The van der Waals surface area contributed by atoms with Gasteiger partial charge in [-0.05, 0) is 24.5 Å². The molecule has 0 aliphatic heterocycles. The average molecular weight is 442 g/mol. The van der Waals surface area contributed by atoms with Crippen molar-refractivity contribution in [3.63, 3.8) is 0 Å². The number of aromatic nitrogens is 4.